The summed E-state index contributed by atoms with van der Waals surface area (Å²) in [6.07, 6.45) is 3.70. The van der Waals surface area contributed by atoms with Gasteiger partial charge in [0.15, 0.2) is 0 Å². The molecule has 0 aliphatic carbocycles. The lowest BCUT2D eigenvalue weighted by molar-refractivity contribution is -0.128. The number of hydrazone groups is 1. The summed E-state index contributed by atoms with van der Waals surface area (Å²) >= 11 is 6.06. The molecular formula is C28H31ClN4O4. The number of benzene rings is 2. The fourth-order valence-corrected chi connectivity index (χ4v) is 4.37. The molecule has 2 heterocycles. The molecule has 1 aromatic heterocycles. The summed E-state index contributed by atoms with van der Waals surface area (Å²) < 4.78 is 11.3. The van der Waals surface area contributed by atoms with Crippen molar-refractivity contribution in [3.63, 3.8) is 0 Å². The average molecular weight is 523 g/mol. The van der Waals surface area contributed by atoms with Gasteiger partial charge in [-0.2, -0.15) is 5.10 Å². The van der Waals surface area contributed by atoms with E-state index in [4.69, 9.17) is 20.8 Å². The Morgan fingerprint density at radius 2 is 1.84 bits per heavy atom. The lowest BCUT2D eigenvalue weighted by Crippen LogP contribution is -2.50. The van der Waals surface area contributed by atoms with Gasteiger partial charge in [-0.1, -0.05) is 41.9 Å². The zero-order chi connectivity index (χ0) is 25.9. The van der Waals surface area contributed by atoms with E-state index in [1.807, 2.05) is 42.5 Å². The molecule has 1 saturated heterocycles. The molecule has 0 radical (unpaired) electrons. The number of halogens is 1. The number of nitrogens with zero attached hydrogens (tertiary/aromatic N) is 2. The van der Waals surface area contributed by atoms with Crippen molar-refractivity contribution in [1.29, 1.82) is 0 Å². The normalized spacial score (nSPS) is 14.9. The van der Waals surface area contributed by atoms with Gasteiger partial charge >= 0.3 is 0 Å². The Morgan fingerprint density at radius 1 is 1.03 bits per heavy atom. The number of carbonyl (C=O) groups is 2. The second kappa shape index (κ2) is 13.7. The average Bonchev–Trinajstić information content (AvgIpc) is 3.40. The van der Waals surface area contributed by atoms with Crippen molar-refractivity contribution in [1.82, 2.24) is 15.6 Å². The second-order valence-electron chi connectivity index (χ2n) is 8.73. The molecule has 194 valence electrons. The number of furan rings is 1. The highest BCUT2D eigenvalue weighted by molar-refractivity contribution is 6.30. The van der Waals surface area contributed by atoms with Gasteiger partial charge in [-0.15, -0.1) is 0 Å². The maximum atomic E-state index is 13.0. The first-order valence-corrected chi connectivity index (χ1v) is 12.8. The number of ether oxygens (including phenoxy) is 1. The fraction of sp³-hybridized carbons (Fsp3) is 0.321. The van der Waals surface area contributed by atoms with Crippen molar-refractivity contribution >= 4 is 29.6 Å². The number of amides is 2. The number of rotatable bonds is 11. The van der Waals surface area contributed by atoms with Crippen molar-refractivity contribution in [3.05, 3.63) is 83.1 Å². The molecule has 2 aromatic carbocycles. The molecular weight excluding hydrogens is 492 g/mol. The lowest BCUT2D eigenvalue weighted by atomic mass is 10.1. The standard InChI is InChI=1S/C28H31ClN4O4/c29-23-10-6-9-22(19-23)26-13-12-24(37-26)20-31-32-28(35)25(33-15-17-36-18-16-33)11-4-5-14-30-27(34)21-7-2-1-3-8-21/h1-3,6-10,12-13,19-20,25H,4-5,11,14-18H2,(H,30,34)(H,32,35)/b31-20+/t25-/m1/s1. The van der Waals surface area contributed by atoms with E-state index in [0.717, 1.165) is 18.4 Å². The Bertz CT molecular complexity index is 1190. The van der Waals surface area contributed by atoms with Gasteiger partial charge in [0.05, 0.1) is 25.5 Å². The molecule has 4 rings (SSSR count). The maximum Gasteiger partial charge on any atom is 0.257 e. The Morgan fingerprint density at radius 3 is 2.62 bits per heavy atom. The van der Waals surface area contributed by atoms with Crippen LogP contribution < -0.4 is 10.7 Å². The predicted octanol–water partition coefficient (Wildman–Crippen LogP) is 4.35. The Balaban J connectivity index is 1.27. The Labute approximate surface area is 221 Å². The molecule has 1 aliphatic rings. The lowest BCUT2D eigenvalue weighted by Gasteiger charge is -2.33. The number of hydrogen-bond acceptors (Lipinski definition) is 6. The van der Waals surface area contributed by atoms with Crippen LogP contribution in [0.25, 0.3) is 11.3 Å². The molecule has 0 bridgehead atoms. The van der Waals surface area contributed by atoms with Gasteiger partial charge in [0.1, 0.15) is 11.5 Å². The van der Waals surface area contributed by atoms with Gasteiger partial charge in [-0.05, 0) is 55.7 Å². The van der Waals surface area contributed by atoms with Crippen molar-refractivity contribution in [2.75, 3.05) is 32.8 Å². The number of nitrogens with one attached hydrogen (secondary N) is 2. The maximum absolute atomic E-state index is 13.0. The number of carbonyl (C=O) groups excluding carboxylic acids is 2. The molecule has 8 nitrogen and oxygen atoms in total. The minimum absolute atomic E-state index is 0.0890. The molecule has 3 aromatic rings. The SMILES string of the molecule is O=C(NCCCC[C@H](C(=O)N/N=C/c1ccc(-c2cccc(Cl)c2)o1)N1CCOCC1)c1ccccc1. The van der Waals surface area contributed by atoms with Crippen LogP contribution in [-0.2, 0) is 9.53 Å². The summed E-state index contributed by atoms with van der Waals surface area (Å²) in [7, 11) is 0. The highest BCUT2D eigenvalue weighted by Crippen LogP contribution is 2.24. The van der Waals surface area contributed by atoms with Crippen molar-refractivity contribution in [2.45, 2.75) is 25.3 Å². The molecule has 9 heteroatoms. The first-order valence-electron chi connectivity index (χ1n) is 12.4. The minimum Gasteiger partial charge on any atom is -0.455 e. The van der Waals surface area contributed by atoms with Crippen LogP contribution >= 0.6 is 11.6 Å². The van der Waals surface area contributed by atoms with E-state index >= 15 is 0 Å². The monoisotopic (exact) mass is 522 g/mol. The summed E-state index contributed by atoms with van der Waals surface area (Å²) in [4.78, 5) is 27.4. The molecule has 0 saturated carbocycles. The van der Waals surface area contributed by atoms with Crippen molar-refractivity contribution < 1.29 is 18.7 Å². The molecule has 2 N–H and O–H groups in total. The fourth-order valence-electron chi connectivity index (χ4n) is 4.18. The van der Waals surface area contributed by atoms with E-state index in [1.165, 1.54) is 6.21 Å². The Hall–Kier alpha value is -3.46. The van der Waals surface area contributed by atoms with E-state index in [1.54, 1.807) is 24.3 Å². The van der Waals surface area contributed by atoms with E-state index in [9.17, 15) is 9.59 Å². The highest BCUT2D eigenvalue weighted by atomic mass is 35.5. The van der Waals surface area contributed by atoms with Crippen LogP contribution in [0.5, 0.6) is 0 Å². The first-order chi connectivity index (χ1) is 18.1. The number of morpholine rings is 1. The molecule has 0 spiro atoms. The largest absolute Gasteiger partial charge is 0.455 e. The number of hydrogen-bond donors (Lipinski definition) is 2. The summed E-state index contributed by atoms with van der Waals surface area (Å²) in [5.41, 5.74) is 4.17. The third-order valence-electron chi connectivity index (χ3n) is 6.12. The van der Waals surface area contributed by atoms with Crippen molar-refractivity contribution in [3.8, 4) is 11.3 Å². The molecule has 1 fully saturated rings. The van der Waals surface area contributed by atoms with Gasteiger partial charge in [-0.3, -0.25) is 14.5 Å². The van der Waals surface area contributed by atoms with Crippen LogP contribution in [0.4, 0.5) is 0 Å². The summed E-state index contributed by atoms with van der Waals surface area (Å²) in [5, 5.41) is 7.69. The van der Waals surface area contributed by atoms with Crippen molar-refractivity contribution in [2.24, 2.45) is 5.10 Å². The molecule has 1 atom stereocenters. The van der Waals surface area contributed by atoms with Gasteiger partial charge in [0.2, 0.25) is 0 Å². The van der Waals surface area contributed by atoms with Crippen LogP contribution in [0.1, 0.15) is 35.4 Å². The van der Waals surface area contributed by atoms with Gasteiger partial charge in [0, 0.05) is 35.8 Å². The summed E-state index contributed by atoms with van der Waals surface area (Å²) in [6.45, 7) is 3.12. The second-order valence-corrected chi connectivity index (χ2v) is 9.16. The van der Waals surface area contributed by atoms with Crippen LogP contribution in [0.15, 0.2) is 76.2 Å². The smallest absolute Gasteiger partial charge is 0.257 e. The van der Waals surface area contributed by atoms with Gasteiger partial charge < -0.3 is 14.5 Å². The quantitative estimate of drug-likeness (QED) is 0.222. The van der Waals surface area contributed by atoms with Crippen LogP contribution in [0, 0.1) is 0 Å². The third-order valence-corrected chi connectivity index (χ3v) is 6.35. The first kappa shape index (κ1) is 26.6. The molecule has 2 amide bonds. The van der Waals surface area contributed by atoms with Crippen LogP contribution in [0.3, 0.4) is 0 Å². The summed E-state index contributed by atoms with van der Waals surface area (Å²) in [6, 6.07) is 19.8. The van der Waals surface area contributed by atoms with Gasteiger partial charge in [-0.25, -0.2) is 5.43 Å². The van der Waals surface area contributed by atoms with Crippen LogP contribution in [-0.4, -0.2) is 61.8 Å². The van der Waals surface area contributed by atoms with E-state index in [0.29, 0.717) is 61.4 Å². The zero-order valence-electron chi connectivity index (χ0n) is 20.6. The van der Waals surface area contributed by atoms with Crippen LogP contribution in [0.2, 0.25) is 5.02 Å². The van der Waals surface area contributed by atoms with E-state index in [-0.39, 0.29) is 17.9 Å². The Kier molecular flexibility index (Phi) is 9.88. The number of unbranched alkanes of at least 4 members (excludes halogenated alkanes) is 1. The van der Waals surface area contributed by atoms with E-state index in [2.05, 4.69) is 20.7 Å². The highest BCUT2D eigenvalue weighted by Gasteiger charge is 2.27. The predicted molar refractivity (Wildman–Crippen MR) is 144 cm³/mol. The summed E-state index contributed by atoms with van der Waals surface area (Å²) in [5.74, 6) is 0.926. The minimum atomic E-state index is -0.329. The molecule has 37 heavy (non-hydrogen) atoms. The van der Waals surface area contributed by atoms with E-state index < -0.39 is 0 Å². The third kappa shape index (κ3) is 8.01. The molecule has 1 aliphatic heterocycles. The van der Waals surface area contributed by atoms with Gasteiger partial charge in [0.25, 0.3) is 11.8 Å². The molecule has 0 unspecified atom stereocenters. The zero-order valence-corrected chi connectivity index (χ0v) is 21.3. The topological polar surface area (TPSA) is 96.2 Å².